The Kier molecular flexibility index (Phi) is 5.27. The molecule has 3 amide bonds. The molecule has 2 atom stereocenters. The van der Waals surface area contributed by atoms with Crippen molar-refractivity contribution in [1.82, 2.24) is 15.5 Å². The Labute approximate surface area is 166 Å². The lowest BCUT2D eigenvalue weighted by Gasteiger charge is -2.56. The number of nitrogens with zero attached hydrogens (tertiary/aromatic N) is 1. The molecular formula is C21H33N3O4. The molecule has 156 valence electrons. The first-order valence-electron chi connectivity index (χ1n) is 10.9. The highest BCUT2D eigenvalue weighted by Crippen LogP contribution is 2.55. The highest BCUT2D eigenvalue weighted by molar-refractivity contribution is 5.84. The average molecular weight is 392 g/mol. The SMILES string of the molecule is CC1CCN(C(=O)CCNC(=O)NC23CC4CC(CC(C4)C2)C3)C(C(=O)O)C1. The second-order valence-corrected chi connectivity index (χ2v) is 9.90. The second kappa shape index (κ2) is 7.56. The van der Waals surface area contributed by atoms with E-state index in [4.69, 9.17) is 0 Å². The predicted molar refractivity (Wildman–Crippen MR) is 104 cm³/mol. The van der Waals surface area contributed by atoms with Gasteiger partial charge in [0.25, 0.3) is 0 Å². The number of amides is 3. The van der Waals surface area contributed by atoms with Crippen LogP contribution in [0.5, 0.6) is 0 Å². The van der Waals surface area contributed by atoms with Crippen molar-refractivity contribution in [3.05, 3.63) is 0 Å². The minimum absolute atomic E-state index is 0.0414. The summed E-state index contributed by atoms with van der Waals surface area (Å²) in [6.45, 7) is 2.75. The van der Waals surface area contributed by atoms with Crippen LogP contribution in [0.15, 0.2) is 0 Å². The van der Waals surface area contributed by atoms with Gasteiger partial charge in [0.05, 0.1) is 0 Å². The molecule has 28 heavy (non-hydrogen) atoms. The topological polar surface area (TPSA) is 98.7 Å². The predicted octanol–water partition coefficient (Wildman–Crippen LogP) is 2.36. The minimum Gasteiger partial charge on any atom is -0.480 e. The van der Waals surface area contributed by atoms with Gasteiger partial charge < -0.3 is 20.6 Å². The summed E-state index contributed by atoms with van der Waals surface area (Å²) in [5, 5.41) is 15.5. The number of carbonyl (C=O) groups is 3. The van der Waals surface area contributed by atoms with E-state index in [9.17, 15) is 19.5 Å². The first kappa shape index (κ1) is 19.5. The Bertz CT molecular complexity index is 614. The standard InChI is InChI=1S/C21H33N3O4/c1-13-3-5-24(17(6-13)19(26)27)18(25)2-4-22-20(28)23-21-10-14-7-15(11-21)9-16(8-14)12-21/h13-17H,2-12H2,1H3,(H,26,27)(H2,22,23,28). The molecule has 4 bridgehead atoms. The van der Waals surface area contributed by atoms with Crippen LogP contribution in [0.3, 0.4) is 0 Å². The molecule has 0 aromatic rings. The minimum atomic E-state index is -0.938. The van der Waals surface area contributed by atoms with Crippen molar-refractivity contribution in [2.45, 2.75) is 76.3 Å². The zero-order valence-electron chi connectivity index (χ0n) is 16.8. The van der Waals surface area contributed by atoms with Gasteiger partial charge in [-0.25, -0.2) is 9.59 Å². The zero-order chi connectivity index (χ0) is 19.9. The molecule has 0 aromatic heterocycles. The molecule has 1 heterocycles. The van der Waals surface area contributed by atoms with E-state index in [0.717, 1.165) is 43.4 Å². The highest BCUT2D eigenvalue weighted by Gasteiger charge is 2.51. The Morgan fingerprint density at radius 1 is 1.04 bits per heavy atom. The fourth-order valence-corrected chi connectivity index (χ4v) is 6.65. The molecule has 4 aliphatic carbocycles. The van der Waals surface area contributed by atoms with Crippen LogP contribution < -0.4 is 10.6 Å². The van der Waals surface area contributed by atoms with Gasteiger partial charge in [0.1, 0.15) is 6.04 Å². The number of aliphatic carboxylic acids is 1. The highest BCUT2D eigenvalue weighted by atomic mass is 16.4. The van der Waals surface area contributed by atoms with Crippen LogP contribution >= 0.6 is 0 Å². The number of urea groups is 1. The van der Waals surface area contributed by atoms with Gasteiger partial charge in [0.15, 0.2) is 0 Å². The molecule has 4 saturated carbocycles. The van der Waals surface area contributed by atoms with Gasteiger partial charge in [-0.15, -0.1) is 0 Å². The molecule has 5 aliphatic rings. The number of piperidine rings is 1. The van der Waals surface area contributed by atoms with E-state index < -0.39 is 12.0 Å². The van der Waals surface area contributed by atoms with Gasteiger partial charge in [-0.1, -0.05) is 6.92 Å². The number of hydrogen-bond donors (Lipinski definition) is 3. The molecular weight excluding hydrogens is 358 g/mol. The van der Waals surface area contributed by atoms with Gasteiger partial charge in [0, 0.05) is 25.0 Å². The number of carbonyl (C=O) groups excluding carboxylic acids is 2. The number of hydrogen-bond acceptors (Lipinski definition) is 3. The maximum absolute atomic E-state index is 12.5. The van der Waals surface area contributed by atoms with Crippen LogP contribution in [0.1, 0.15) is 64.7 Å². The first-order chi connectivity index (χ1) is 13.3. The summed E-state index contributed by atoms with van der Waals surface area (Å²) >= 11 is 0. The van der Waals surface area contributed by atoms with Crippen LogP contribution in [-0.2, 0) is 9.59 Å². The van der Waals surface area contributed by atoms with Gasteiger partial charge in [-0.05, 0) is 75.0 Å². The quantitative estimate of drug-likeness (QED) is 0.670. The average Bonchev–Trinajstić information content (AvgIpc) is 2.59. The fourth-order valence-electron chi connectivity index (χ4n) is 6.65. The van der Waals surface area contributed by atoms with E-state index in [1.54, 1.807) is 0 Å². The number of carboxylic acid groups (broad SMARTS) is 1. The summed E-state index contributed by atoms with van der Waals surface area (Å²) in [6, 6.07) is -0.922. The largest absolute Gasteiger partial charge is 0.480 e. The third kappa shape index (κ3) is 3.98. The van der Waals surface area contributed by atoms with E-state index in [-0.39, 0.29) is 30.4 Å². The second-order valence-electron chi connectivity index (χ2n) is 9.90. The van der Waals surface area contributed by atoms with Crippen LogP contribution in [0.2, 0.25) is 0 Å². The van der Waals surface area contributed by atoms with E-state index in [1.165, 1.54) is 24.2 Å². The van der Waals surface area contributed by atoms with Crippen molar-refractivity contribution in [2.75, 3.05) is 13.1 Å². The van der Waals surface area contributed by atoms with Crippen molar-refractivity contribution in [2.24, 2.45) is 23.7 Å². The summed E-state index contributed by atoms with van der Waals surface area (Å²) in [5.41, 5.74) is -0.0414. The third-order valence-corrected chi connectivity index (χ3v) is 7.51. The summed E-state index contributed by atoms with van der Waals surface area (Å²) in [5.74, 6) is 1.49. The lowest BCUT2D eigenvalue weighted by atomic mass is 9.53. The number of nitrogens with one attached hydrogen (secondary N) is 2. The van der Waals surface area contributed by atoms with Gasteiger partial charge in [0.2, 0.25) is 5.91 Å². The Hall–Kier alpha value is -1.79. The van der Waals surface area contributed by atoms with Crippen LogP contribution in [0.4, 0.5) is 4.79 Å². The maximum Gasteiger partial charge on any atom is 0.326 e. The Morgan fingerprint density at radius 2 is 1.64 bits per heavy atom. The third-order valence-electron chi connectivity index (χ3n) is 7.51. The van der Waals surface area contributed by atoms with E-state index >= 15 is 0 Å². The molecule has 7 nitrogen and oxygen atoms in total. The summed E-state index contributed by atoms with van der Waals surface area (Å²) < 4.78 is 0. The summed E-state index contributed by atoms with van der Waals surface area (Å²) in [7, 11) is 0. The smallest absolute Gasteiger partial charge is 0.326 e. The van der Waals surface area contributed by atoms with Crippen LogP contribution in [-0.4, -0.2) is 52.6 Å². The molecule has 5 fully saturated rings. The molecule has 5 rings (SSSR count). The first-order valence-corrected chi connectivity index (χ1v) is 10.9. The van der Waals surface area contributed by atoms with Gasteiger partial charge >= 0.3 is 12.0 Å². The van der Waals surface area contributed by atoms with E-state index in [1.807, 2.05) is 6.92 Å². The maximum atomic E-state index is 12.5. The monoisotopic (exact) mass is 391 g/mol. The number of carboxylic acids is 1. The molecule has 3 N–H and O–H groups in total. The normalized spacial score (nSPS) is 38.9. The molecule has 2 unspecified atom stereocenters. The molecule has 0 spiro atoms. The van der Waals surface area contributed by atoms with Crippen LogP contribution in [0, 0.1) is 23.7 Å². The van der Waals surface area contributed by atoms with Crippen molar-refractivity contribution in [3.8, 4) is 0 Å². The van der Waals surface area contributed by atoms with E-state index in [2.05, 4.69) is 10.6 Å². The molecule has 1 aliphatic heterocycles. The van der Waals surface area contributed by atoms with Crippen molar-refractivity contribution < 1.29 is 19.5 Å². The van der Waals surface area contributed by atoms with Crippen molar-refractivity contribution in [3.63, 3.8) is 0 Å². The fraction of sp³-hybridized carbons (Fsp3) is 0.857. The summed E-state index contributed by atoms with van der Waals surface area (Å²) in [4.78, 5) is 37.9. The van der Waals surface area contributed by atoms with Crippen LogP contribution in [0.25, 0.3) is 0 Å². The Balaban J connectivity index is 1.24. The Morgan fingerprint density at radius 3 is 2.21 bits per heavy atom. The lowest BCUT2D eigenvalue weighted by Crippen LogP contribution is -2.61. The van der Waals surface area contributed by atoms with Gasteiger partial charge in [-0.2, -0.15) is 0 Å². The zero-order valence-corrected chi connectivity index (χ0v) is 16.8. The molecule has 7 heteroatoms. The lowest BCUT2D eigenvalue weighted by molar-refractivity contribution is -0.153. The molecule has 0 radical (unpaired) electrons. The molecule has 1 saturated heterocycles. The van der Waals surface area contributed by atoms with Crippen molar-refractivity contribution in [1.29, 1.82) is 0 Å². The van der Waals surface area contributed by atoms with E-state index in [0.29, 0.717) is 18.9 Å². The number of likely N-dealkylation sites (tertiary alicyclic amines) is 1. The number of rotatable bonds is 5. The van der Waals surface area contributed by atoms with Gasteiger partial charge in [-0.3, -0.25) is 4.79 Å². The molecule has 0 aromatic carbocycles. The summed E-state index contributed by atoms with van der Waals surface area (Å²) in [6.07, 6.45) is 8.75. The van der Waals surface area contributed by atoms with Crippen molar-refractivity contribution >= 4 is 17.9 Å².